The first-order chi connectivity index (χ1) is 9.36. The van der Waals surface area contributed by atoms with Gasteiger partial charge in [-0.25, -0.2) is 9.97 Å². The Bertz CT molecular complexity index is 565. The topological polar surface area (TPSA) is 37.8 Å². The SMILES string of the molecule is Clc1ccccc1-c1cncnc1C1CCCNC1. The van der Waals surface area contributed by atoms with E-state index in [1.807, 2.05) is 30.5 Å². The number of hydrogen-bond acceptors (Lipinski definition) is 3. The quantitative estimate of drug-likeness (QED) is 0.913. The van der Waals surface area contributed by atoms with Crippen LogP contribution in [0.25, 0.3) is 11.1 Å². The summed E-state index contributed by atoms with van der Waals surface area (Å²) in [5, 5.41) is 4.19. The highest BCUT2D eigenvalue weighted by Gasteiger charge is 2.21. The molecule has 1 atom stereocenters. The van der Waals surface area contributed by atoms with Gasteiger partial charge in [0, 0.05) is 34.8 Å². The molecule has 1 aliphatic rings. The van der Waals surface area contributed by atoms with Gasteiger partial charge < -0.3 is 5.32 Å². The van der Waals surface area contributed by atoms with Crippen LogP contribution in [0.3, 0.4) is 0 Å². The summed E-state index contributed by atoms with van der Waals surface area (Å²) in [7, 11) is 0. The summed E-state index contributed by atoms with van der Waals surface area (Å²) in [5.41, 5.74) is 3.18. The fourth-order valence-corrected chi connectivity index (χ4v) is 2.87. The van der Waals surface area contributed by atoms with Crippen molar-refractivity contribution < 1.29 is 0 Å². The third kappa shape index (κ3) is 2.62. The number of nitrogens with zero attached hydrogens (tertiary/aromatic N) is 2. The highest BCUT2D eigenvalue weighted by atomic mass is 35.5. The van der Waals surface area contributed by atoms with Crippen molar-refractivity contribution in [3.8, 4) is 11.1 Å². The molecular weight excluding hydrogens is 258 g/mol. The van der Waals surface area contributed by atoms with Gasteiger partial charge in [0.25, 0.3) is 0 Å². The summed E-state index contributed by atoms with van der Waals surface area (Å²) in [6.45, 7) is 2.08. The lowest BCUT2D eigenvalue weighted by Gasteiger charge is -2.24. The highest BCUT2D eigenvalue weighted by molar-refractivity contribution is 6.33. The average molecular weight is 274 g/mol. The van der Waals surface area contributed by atoms with E-state index in [0.717, 1.165) is 34.9 Å². The van der Waals surface area contributed by atoms with Gasteiger partial charge in [-0.3, -0.25) is 0 Å². The van der Waals surface area contributed by atoms with Crippen LogP contribution in [0.15, 0.2) is 36.8 Å². The molecule has 1 aromatic carbocycles. The Morgan fingerprint density at radius 1 is 1.21 bits per heavy atom. The molecule has 0 amide bonds. The Morgan fingerprint density at radius 2 is 2.11 bits per heavy atom. The molecule has 2 aromatic rings. The van der Waals surface area contributed by atoms with Crippen molar-refractivity contribution in [1.29, 1.82) is 0 Å². The van der Waals surface area contributed by atoms with Crippen molar-refractivity contribution in [3.63, 3.8) is 0 Å². The smallest absolute Gasteiger partial charge is 0.115 e. The van der Waals surface area contributed by atoms with Crippen LogP contribution in [0.4, 0.5) is 0 Å². The zero-order valence-electron chi connectivity index (χ0n) is 10.6. The maximum Gasteiger partial charge on any atom is 0.115 e. The summed E-state index contributed by atoms with van der Waals surface area (Å²) in [6.07, 6.45) is 5.86. The fraction of sp³-hybridized carbons (Fsp3) is 0.333. The zero-order chi connectivity index (χ0) is 13.1. The second-order valence-electron chi connectivity index (χ2n) is 4.84. The van der Waals surface area contributed by atoms with E-state index < -0.39 is 0 Å². The Kier molecular flexibility index (Phi) is 3.76. The molecule has 1 fully saturated rings. The maximum atomic E-state index is 6.30. The first-order valence-electron chi connectivity index (χ1n) is 6.62. The van der Waals surface area contributed by atoms with Gasteiger partial charge in [-0.1, -0.05) is 29.8 Å². The van der Waals surface area contributed by atoms with Crippen LogP contribution in [0.1, 0.15) is 24.5 Å². The molecule has 0 bridgehead atoms. The van der Waals surface area contributed by atoms with E-state index in [0.29, 0.717) is 5.92 Å². The zero-order valence-corrected chi connectivity index (χ0v) is 11.4. The largest absolute Gasteiger partial charge is 0.316 e. The van der Waals surface area contributed by atoms with Crippen molar-refractivity contribution in [3.05, 3.63) is 47.5 Å². The third-order valence-corrected chi connectivity index (χ3v) is 3.92. The first kappa shape index (κ1) is 12.6. The molecule has 3 nitrogen and oxygen atoms in total. The van der Waals surface area contributed by atoms with Crippen LogP contribution in [0.2, 0.25) is 5.02 Å². The van der Waals surface area contributed by atoms with E-state index in [2.05, 4.69) is 15.3 Å². The monoisotopic (exact) mass is 273 g/mol. The van der Waals surface area contributed by atoms with E-state index in [-0.39, 0.29) is 0 Å². The third-order valence-electron chi connectivity index (χ3n) is 3.59. The molecule has 19 heavy (non-hydrogen) atoms. The molecule has 1 N–H and O–H groups in total. The van der Waals surface area contributed by atoms with Gasteiger partial charge in [-0.05, 0) is 25.5 Å². The number of piperidine rings is 1. The van der Waals surface area contributed by atoms with E-state index in [9.17, 15) is 0 Å². The van der Waals surface area contributed by atoms with Crippen LogP contribution < -0.4 is 5.32 Å². The van der Waals surface area contributed by atoms with Crippen molar-refractivity contribution in [2.45, 2.75) is 18.8 Å². The normalized spacial score (nSPS) is 19.3. The standard InChI is InChI=1S/C15H16ClN3/c16-14-6-2-1-5-12(14)13-9-18-10-19-15(13)11-4-3-7-17-8-11/h1-2,5-6,9-11,17H,3-4,7-8H2. The number of rotatable bonds is 2. The summed E-state index contributed by atoms with van der Waals surface area (Å²) in [6, 6.07) is 7.88. The van der Waals surface area contributed by atoms with E-state index in [1.54, 1.807) is 6.33 Å². The van der Waals surface area contributed by atoms with Gasteiger partial charge in [0.15, 0.2) is 0 Å². The van der Waals surface area contributed by atoms with Gasteiger partial charge in [0.05, 0.1) is 5.69 Å². The van der Waals surface area contributed by atoms with E-state index in [1.165, 1.54) is 12.8 Å². The molecule has 0 radical (unpaired) electrons. The van der Waals surface area contributed by atoms with Crippen LogP contribution in [0, 0.1) is 0 Å². The molecule has 4 heteroatoms. The number of aromatic nitrogens is 2. The average Bonchev–Trinajstić information content (AvgIpc) is 2.49. The number of hydrogen-bond donors (Lipinski definition) is 1. The van der Waals surface area contributed by atoms with Crippen molar-refractivity contribution in [2.24, 2.45) is 0 Å². The molecule has 3 rings (SSSR count). The van der Waals surface area contributed by atoms with E-state index in [4.69, 9.17) is 11.6 Å². The molecule has 0 saturated carbocycles. The van der Waals surface area contributed by atoms with Gasteiger partial charge in [0.1, 0.15) is 6.33 Å². The summed E-state index contributed by atoms with van der Waals surface area (Å²) >= 11 is 6.30. The highest BCUT2D eigenvalue weighted by Crippen LogP contribution is 2.34. The Morgan fingerprint density at radius 3 is 2.89 bits per heavy atom. The Balaban J connectivity index is 2.04. The van der Waals surface area contributed by atoms with E-state index >= 15 is 0 Å². The predicted molar refractivity (Wildman–Crippen MR) is 77.3 cm³/mol. The molecular formula is C15H16ClN3. The number of benzene rings is 1. The fourth-order valence-electron chi connectivity index (χ4n) is 2.64. The van der Waals surface area contributed by atoms with Crippen LogP contribution in [0.5, 0.6) is 0 Å². The lowest BCUT2D eigenvalue weighted by Crippen LogP contribution is -2.29. The van der Waals surface area contributed by atoms with Gasteiger partial charge in [0.2, 0.25) is 0 Å². The first-order valence-corrected chi connectivity index (χ1v) is 6.99. The second-order valence-corrected chi connectivity index (χ2v) is 5.25. The molecule has 1 saturated heterocycles. The summed E-state index contributed by atoms with van der Waals surface area (Å²) in [4.78, 5) is 8.68. The number of halogens is 1. The summed E-state index contributed by atoms with van der Waals surface area (Å²) < 4.78 is 0. The van der Waals surface area contributed by atoms with Gasteiger partial charge in [-0.15, -0.1) is 0 Å². The molecule has 2 heterocycles. The lowest BCUT2D eigenvalue weighted by molar-refractivity contribution is 0.455. The molecule has 1 aliphatic heterocycles. The van der Waals surface area contributed by atoms with Crippen LogP contribution in [-0.4, -0.2) is 23.1 Å². The second kappa shape index (κ2) is 5.68. The minimum absolute atomic E-state index is 0.447. The Labute approximate surface area is 118 Å². The van der Waals surface area contributed by atoms with Crippen molar-refractivity contribution in [1.82, 2.24) is 15.3 Å². The van der Waals surface area contributed by atoms with Crippen LogP contribution >= 0.6 is 11.6 Å². The van der Waals surface area contributed by atoms with Gasteiger partial charge >= 0.3 is 0 Å². The molecule has 0 spiro atoms. The van der Waals surface area contributed by atoms with Gasteiger partial charge in [-0.2, -0.15) is 0 Å². The molecule has 98 valence electrons. The predicted octanol–water partition coefficient (Wildman–Crippen LogP) is 3.26. The maximum absolute atomic E-state index is 6.30. The molecule has 1 unspecified atom stereocenters. The van der Waals surface area contributed by atoms with Crippen molar-refractivity contribution >= 4 is 11.6 Å². The Hall–Kier alpha value is -1.45. The minimum Gasteiger partial charge on any atom is -0.316 e. The number of nitrogens with one attached hydrogen (secondary N) is 1. The lowest BCUT2D eigenvalue weighted by atomic mass is 9.91. The molecule has 0 aliphatic carbocycles. The minimum atomic E-state index is 0.447. The summed E-state index contributed by atoms with van der Waals surface area (Å²) in [5.74, 6) is 0.447. The van der Waals surface area contributed by atoms with Crippen LogP contribution in [-0.2, 0) is 0 Å². The molecule has 1 aromatic heterocycles. The van der Waals surface area contributed by atoms with Crippen molar-refractivity contribution in [2.75, 3.05) is 13.1 Å².